The fraction of sp³-hybridized carbons (Fsp3) is 0.300. The van der Waals surface area contributed by atoms with E-state index in [2.05, 4.69) is 132 Å². The number of halogens is 2. The maximum Gasteiger partial charge on any atom is 0.0983 e. The van der Waals surface area contributed by atoms with E-state index in [1.165, 1.54) is 80.3 Å². The first kappa shape index (κ1) is 33.3. The monoisotopic (exact) mass is 770 g/mol. The fourth-order valence-corrected chi connectivity index (χ4v) is 9.73. The lowest BCUT2D eigenvalue weighted by Gasteiger charge is -2.11. The van der Waals surface area contributed by atoms with Gasteiger partial charge in [0.2, 0.25) is 0 Å². The Hall–Kier alpha value is -2.64. The second-order valence-corrected chi connectivity index (χ2v) is 15.9. The fourth-order valence-electron chi connectivity index (χ4n) is 5.89. The van der Waals surface area contributed by atoms with Crippen molar-refractivity contribution < 1.29 is 0 Å². The molecule has 3 aromatic heterocycles. The van der Waals surface area contributed by atoms with E-state index in [0.29, 0.717) is 0 Å². The number of nitrogens with zero attached hydrogens (tertiary/aromatic N) is 2. The van der Waals surface area contributed by atoms with Crippen LogP contribution in [0, 0.1) is 13.8 Å². The zero-order valence-corrected chi connectivity index (χ0v) is 31.9. The molecule has 0 N–H and O–H groups in total. The summed E-state index contributed by atoms with van der Waals surface area (Å²) in [5.74, 6) is 0. The quantitative estimate of drug-likeness (QED) is 0.116. The summed E-state index contributed by atoms with van der Waals surface area (Å²) in [6, 6.07) is 27.2. The van der Waals surface area contributed by atoms with Gasteiger partial charge in [0.1, 0.15) is 0 Å². The van der Waals surface area contributed by atoms with Crippen molar-refractivity contribution in [2.45, 2.75) is 79.1 Å². The first-order valence-electron chi connectivity index (χ1n) is 16.4. The Bertz CT molecular complexity index is 1810. The number of fused-ring (bicyclic) bond motifs is 1. The lowest BCUT2D eigenvalue weighted by atomic mass is 10.0. The molecule has 0 spiro atoms. The molecule has 0 aliphatic rings. The molecule has 3 heterocycles. The normalized spacial score (nSPS) is 11.5. The van der Waals surface area contributed by atoms with Crippen molar-refractivity contribution in [3.8, 4) is 41.8 Å². The minimum Gasteiger partial charge on any atom is -0.249 e. The first-order chi connectivity index (χ1) is 22.4. The average Bonchev–Trinajstić information content (AvgIpc) is 3.64. The van der Waals surface area contributed by atoms with E-state index in [4.69, 9.17) is 9.97 Å². The van der Waals surface area contributed by atoms with Gasteiger partial charge in [0.05, 0.1) is 32.2 Å². The van der Waals surface area contributed by atoms with E-state index >= 15 is 0 Å². The van der Waals surface area contributed by atoms with Gasteiger partial charge in [0, 0.05) is 29.8 Å². The number of aromatic nitrogens is 2. The van der Waals surface area contributed by atoms with Crippen molar-refractivity contribution in [1.29, 1.82) is 0 Å². The molecule has 0 radical (unpaired) electrons. The largest absolute Gasteiger partial charge is 0.249 e. The summed E-state index contributed by atoms with van der Waals surface area (Å²) in [4.78, 5) is 15.2. The molecule has 0 amide bonds. The van der Waals surface area contributed by atoms with Crippen molar-refractivity contribution in [2.75, 3.05) is 0 Å². The zero-order chi connectivity index (χ0) is 32.2. The third-order valence-corrected chi connectivity index (χ3v) is 12.9. The van der Waals surface area contributed by atoms with Gasteiger partial charge in [-0.2, -0.15) is 0 Å². The van der Waals surface area contributed by atoms with E-state index in [1.807, 2.05) is 22.7 Å². The molecular formula is C40H40Br2N2S2. The number of hydrogen-bond acceptors (Lipinski definition) is 4. The zero-order valence-electron chi connectivity index (χ0n) is 27.1. The highest BCUT2D eigenvalue weighted by atomic mass is 79.9. The van der Waals surface area contributed by atoms with Crippen LogP contribution < -0.4 is 0 Å². The van der Waals surface area contributed by atoms with Crippen LogP contribution in [0.3, 0.4) is 0 Å². The summed E-state index contributed by atoms with van der Waals surface area (Å²) in [7, 11) is 0. The molecule has 6 aromatic rings. The highest BCUT2D eigenvalue weighted by Crippen LogP contribution is 2.47. The summed E-state index contributed by atoms with van der Waals surface area (Å²) in [6.45, 7) is 8.63. The van der Waals surface area contributed by atoms with E-state index in [0.717, 1.165) is 55.3 Å². The second-order valence-electron chi connectivity index (χ2n) is 12.1. The molecule has 0 atom stereocenters. The van der Waals surface area contributed by atoms with E-state index in [1.54, 1.807) is 0 Å². The van der Waals surface area contributed by atoms with Gasteiger partial charge in [-0.3, -0.25) is 0 Å². The van der Waals surface area contributed by atoms with Crippen LogP contribution >= 0.6 is 54.5 Å². The molecule has 0 bridgehead atoms. The topological polar surface area (TPSA) is 25.8 Å². The molecule has 0 aliphatic carbocycles. The summed E-state index contributed by atoms with van der Waals surface area (Å²) in [5.41, 5.74) is 11.4. The van der Waals surface area contributed by atoms with Gasteiger partial charge in [-0.05, 0) is 106 Å². The van der Waals surface area contributed by atoms with Crippen molar-refractivity contribution in [1.82, 2.24) is 9.97 Å². The minimum absolute atomic E-state index is 0.944. The van der Waals surface area contributed by atoms with Crippen molar-refractivity contribution in [3.05, 3.63) is 104 Å². The number of unbranched alkanes of at least 4 members (excludes halogenated alkanes) is 4. The maximum absolute atomic E-state index is 5.16. The van der Waals surface area contributed by atoms with Crippen LogP contribution in [-0.4, -0.2) is 9.97 Å². The Morgan fingerprint density at radius 2 is 0.935 bits per heavy atom. The second kappa shape index (κ2) is 15.1. The Kier molecular flexibility index (Phi) is 10.9. The molecule has 46 heavy (non-hydrogen) atoms. The third kappa shape index (κ3) is 7.26. The molecule has 0 saturated heterocycles. The summed E-state index contributed by atoms with van der Waals surface area (Å²) in [6.07, 6.45) is 9.88. The molecule has 2 nitrogen and oxygen atoms in total. The number of rotatable bonds is 12. The summed E-state index contributed by atoms with van der Waals surface area (Å²) in [5, 5.41) is 0. The van der Waals surface area contributed by atoms with Crippen molar-refractivity contribution in [3.63, 3.8) is 0 Å². The Morgan fingerprint density at radius 1 is 0.543 bits per heavy atom. The van der Waals surface area contributed by atoms with Gasteiger partial charge in [-0.1, -0.05) is 100 Å². The number of aryl methyl sites for hydroxylation is 4. The molecule has 6 rings (SSSR count). The minimum atomic E-state index is 0.944. The third-order valence-electron chi connectivity index (χ3n) is 8.71. The molecule has 0 saturated carbocycles. The van der Waals surface area contributed by atoms with Gasteiger partial charge in [-0.15, -0.1) is 22.7 Å². The van der Waals surface area contributed by atoms with Crippen LogP contribution in [0.25, 0.3) is 52.8 Å². The van der Waals surface area contributed by atoms with Crippen LogP contribution in [0.5, 0.6) is 0 Å². The standard InChI is InChI=1S/C40H40Br2N2S2/c1-5-7-9-11-27-13-17-29(18-14-27)35-23-33(41)39(45-35)31-21-22-32(38-37(31)43-25(3)26(4)44-38)40-34(42)24-36(46-40)30-19-15-28(16-20-30)12-10-8-6-2/h13-24H,5-12H2,1-4H3. The van der Waals surface area contributed by atoms with Crippen LogP contribution in [-0.2, 0) is 12.8 Å². The smallest absolute Gasteiger partial charge is 0.0983 e. The number of thiophene rings is 2. The Balaban J connectivity index is 1.35. The predicted molar refractivity (Wildman–Crippen MR) is 208 cm³/mol. The molecule has 236 valence electrons. The van der Waals surface area contributed by atoms with Gasteiger partial charge in [0.15, 0.2) is 0 Å². The SMILES string of the molecule is CCCCCc1ccc(-c2cc(Br)c(-c3ccc(-c4sc(-c5ccc(CCCCC)cc5)cc4Br)c4nc(C)c(C)nc34)s2)cc1. The Morgan fingerprint density at radius 3 is 1.30 bits per heavy atom. The van der Waals surface area contributed by atoms with Crippen LogP contribution in [0.1, 0.15) is 74.9 Å². The molecular weight excluding hydrogens is 732 g/mol. The lowest BCUT2D eigenvalue weighted by Crippen LogP contribution is -1.97. The van der Waals surface area contributed by atoms with Crippen molar-refractivity contribution in [2.24, 2.45) is 0 Å². The first-order valence-corrected chi connectivity index (χ1v) is 19.6. The maximum atomic E-state index is 5.16. The highest BCUT2D eigenvalue weighted by molar-refractivity contribution is 9.11. The molecule has 0 unspecified atom stereocenters. The number of hydrogen-bond donors (Lipinski definition) is 0. The summed E-state index contributed by atoms with van der Waals surface area (Å²) >= 11 is 11.4. The van der Waals surface area contributed by atoms with E-state index in [9.17, 15) is 0 Å². The van der Waals surface area contributed by atoms with E-state index in [-0.39, 0.29) is 0 Å². The van der Waals surface area contributed by atoms with Crippen molar-refractivity contribution >= 4 is 65.6 Å². The average molecular weight is 773 g/mol. The predicted octanol–water partition coefficient (Wildman–Crippen LogP) is 14.0. The molecule has 6 heteroatoms. The number of benzene rings is 3. The highest BCUT2D eigenvalue weighted by Gasteiger charge is 2.21. The van der Waals surface area contributed by atoms with Gasteiger partial charge in [-0.25, -0.2) is 9.97 Å². The lowest BCUT2D eigenvalue weighted by molar-refractivity contribution is 0.717. The Labute approximate surface area is 298 Å². The van der Waals surface area contributed by atoms with Gasteiger partial charge < -0.3 is 0 Å². The van der Waals surface area contributed by atoms with Crippen LogP contribution in [0.4, 0.5) is 0 Å². The van der Waals surface area contributed by atoms with Gasteiger partial charge in [0.25, 0.3) is 0 Å². The van der Waals surface area contributed by atoms with Gasteiger partial charge >= 0.3 is 0 Å². The van der Waals surface area contributed by atoms with Crippen LogP contribution in [0.15, 0.2) is 81.7 Å². The summed E-state index contributed by atoms with van der Waals surface area (Å²) < 4.78 is 2.18. The van der Waals surface area contributed by atoms with E-state index < -0.39 is 0 Å². The van der Waals surface area contributed by atoms with Crippen LogP contribution in [0.2, 0.25) is 0 Å². The molecule has 0 aliphatic heterocycles. The molecule has 0 fully saturated rings. The molecule has 3 aromatic carbocycles.